The Morgan fingerprint density at radius 1 is 1.12 bits per heavy atom. The summed E-state index contributed by atoms with van der Waals surface area (Å²) in [5.74, 6) is -0.830. The third-order valence-electron chi connectivity index (χ3n) is 4.05. The van der Waals surface area contributed by atoms with Crippen LogP contribution >= 0.6 is 0 Å². The van der Waals surface area contributed by atoms with E-state index < -0.39 is 21.7 Å². The first-order valence-electron chi connectivity index (χ1n) is 8.22. The molecule has 0 saturated carbocycles. The van der Waals surface area contributed by atoms with Crippen molar-refractivity contribution < 1.29 is 22.3 Å². The van der Waals surface area contributed by atoms with Crippen LogP contribution in [0.1, 0.15) is 23.2 Å². The third-order valence-corrected chi connectivity index (χ3v) is 5.49. The van der Waals surface area contributed by atoms with Crippen molar-refractivity contribution in [2.75, 3.05) is 18.5 Å². The smallest absolute Gasteiger partial charge is 0.255 e. The quantitative estimate of drug-likeness (QED) is 0.809. The average Bonchev–Trinajstić information content (AvgIpc) is 3.15. The molecule has 0 unspecified atom stereocenters. The summed E-state index contributed by atoms with van der Waals surface area (Å²) in [5, 5.41) is 2.64. The van der Waals surface area contributed by atoms with Crippen molar-refractivity contribution in [3.05, 3.63) is 59.9 Å². The highest BCUT2D eigenvalue weighted by molar-refractivity contribution is 7.89. The molecule has 3 rings (SSSR count). The van der Waals surface area contributed by atoms with Crippen molar-refractivity contribution in [1.82, 2.24) is 4.72 Å². The number of sulfonamides is 1. The average molecular weight is 378 g/mol. The minimum atomic E-state index is -3.63. The Labute approximate surface area is 151 Å². The second-order valence-corrected chi connectivity index (χ2v) is 7.74. The number of halogens is 1. The number of hydrogen-bond donors (Lipinski definition) is 2. The van der Waals surface area contributed by atoms with E-state index in [9.17, 15) is 17.6 Å². The molecule has 1 saturated heterocycles. The number of rotatable bonds is 6. The Balaban J connectivity index is 1.61. The molecule has 6 nitrogen and oxygen atoms in total. The molecule has 2 aromatic rings. The topological polar surface area (TPSA) is 84.5 Å². The van der Waals surface area contributed by atoms with E-state index in [0.29, 0.717) is 17.9 Å². The molecule has 1 heterocycles. The standard InChI is InChI=1S/C18H19FN2O4S/c19-14-5-3-13(4-6-14)18(22)21-15-7-9-17(10-8-15)26(23,24)20-12-16-2-1-11-25-16/h3-10,16,20H,1-2,11-12H2,(H,21,22)/t16-/m1/s1. The van der Waals surface area contributed by atoms with Crippen LogP contribution in [0, 0.1) is 5.82 Å². The molecule has 0 spiro atoms. The lowest BCUT2D eigenvalue weighted by atomic mass is 10.2. The van der Waals surface area contributed by atoms with E-state index in [1.54, 1.807) is 0 Å². The molecule has 1 fully saturated rings. The van der Waals surface area contributed by atoms with Crippen LogP contribution in [-0.4, -0.2) is 33.6 Å². The normalized spacial score (nSPS) is 17.2. The summed E-state index contributed by atoms with van der Waals surface area (Å²) in [6.07, 6.45) is 1.70. The van der Waals surface area contributed by atoms with Crippen LogP contribution in [0.3, 0.4) is 0 Å². The van der Waals surface area contributed by atoms with E-state index >= 15 is 0 Å². The van der Waals surface area contributed by atoms with Crippen molar-refractivity contribution in [3.63, 3.8) is 0 Å². The maximum absolute atomic E-state index is 12.9. The molecular formula is C18H19FN2O4S. The Morgan fingerprint density at radius 2 is 1.81 bits per heavy atom. The van der Waals surface area contributed by atoms with Gasteiger partial charge in [-0.2, -0.15) is 0 Å². The molecule has 1 amide bonds. The van der Waals surface area contributed by atoms with Crippen molar-refractivity contribution in [1.29, 1.82) is 0 Å². The first-order valence-corrected chi connectivity index (χ1v) is 9.71. The zero-order valence-electron chi connectivity index (χ0n) is 13.9. The Bertz CT molecular complexity index is 861. The molecular weight excluding hydrogens is 359 g/mol. The first-order chi connectivity index (χ1) is 12.4. The van der Waals surface area contributed by atoms with E-state index in [-0.39, 0.29) is 17.5 Å². The molecule has 138 valence electrons. The molecule has 1 aliphatic heterocycles. The van der Waals surface area contributed by atoms with E-state index in [1.807, 2.05) is 0 Å². The van der Waals surface area contributed by atoms with Gasteiger partial charge in [0.25, 0.3) is 5.91 Å². The van der Waals surface area contributed by atoms with Crippen LogP contribution in [0.2, 0.25) is 0 Å². The van der Waals surface area contributed by atoms with Crippen molar-refractivity contribution >= 4 is 21.6 Å². The molecule has 0 bridgehead atoms. The van der Waals surface area contributed by atoms with Crippen molar-refractivity contribution in [3.8, 4) is 0 Å². The fourth-order valence-corrected chi connectivity index (χ4v) is 3.68. The van der Waals surface area contributed by atoms with Crippen molar-refractivity contribution in [2.24, 2.45) is 0 Å². The summed E-state index contributed by atoms with van der Waals surface area (Å²) in [5.41, 5.74) is 0.749. The van der Waals surface area contributed by atoms with E-state index in [0.717, 1.165) is 12.8 Å². The van der Waals surface area contributed by atoms with Gasteiger partial charge in [0.2, 0.25) is 10.0 Å². The van der Waals surface area contributed by atoms with Gasteiger partial charge in [-0.05, 0) is 61.4 Å². The van der Waals surface area contributed by atoms with Gasteiger partial charge in [-0.25, -0.2) is 17.5 Å². The molecule has 2 aromatic carbocycles. The summed E-state index contributed by atoms with van der Waals surface area (Å²) in [6, 6.07) is 11.0. The second-order valence-electron chi connectivity index (χ2n) is 5.97. The Hall–Kier alpha value is -2.29. The number of anilines is 1. The minimum Gasteiger partial charge on any atom is -0.377 e. The Morgan fingerprint density at radius 3 is 2.42 bits per heavy atom. The predicted molar refractivity (Wildman–Crippen MR) is 95.0 cm³/mol. The number of carbonyl (C=O) groups is 1. The summed E-state index contributed by atoms with van der Waals surface area (Å²) >= 11 is 0. The highest BCUT2D eigenvalue weighted by atomic mass is 32.2. The fourth-order valence-electron chi connectivity index (χ4n) is 2.61. The molecule has 2 N–H and O–H groups in total. The zero-order valence-corrected chi connectivity index (χ0v) is 14.8. The minimum absolute atomic E-state index is 0.0842. The maximum Gasteiger partial charge on any atom is 0.255 e. The lowest BCUT2D eigenvalue weighted by Crippen LogP contribution is -2.31. The lowest BCUT2D eigenvalue weighted by Gasteiger charge is -2.12. The van der Waals surface area contributed by atoms with Gasteiger partial charge in [0, 0.05) is 24.4 Å². The summed E-state index contributed by atoms with van der Waals surface area (Å²) in [7, 11) is -3.63. The van der Waals surface area contributed by atoms with Gasteiger partial charge in [-0.15, -0.1) is 0 Å². The number of nitrogens with one attached hydrogen (secondary N) is 2. The first kappa shape index (κ1) is 18.5. The molecule has 26 heavy (non-hydrogen) atoms. The molecule has 0 aromatic heterocycles. The van der Waals surface area contributed by atoms with Crippen LogP contribution in [0.25, 0.3) is 0 Å². The predicted octanol–water partition coefficient (Wildman–Crippen LogP) is 2.54. The lowest BCUT2D eigenvalue weighted by molar-refractivity contribution is 0.102. The number of amides is 1. The van der Waals surface area contributed by atoms with E-state index in [2.05, 4.69) is 10.0 Å². The monoisotopic (exact) mass is 378 g/mol. The number of ether oxygens (including phenoxy) is 1. The second kappa shape index (κ2) is 7.94. The van der Waals surface area contributed by atoms with Gasteiger partial charge in [0.15, 0.2) is 0 Å². The van der Waals surface area contributed by atoms with Crippen LogP contribution < -0.4 is 10.0 Å². The third kappa shape index (κ3) is 4.66. The van der Waals surface area contributed by atoms with Crippen LogP contribution in [-0.2, 0) is 14.8 Å². The zero-order chi connectivity index (χ0) is 18.6. The van der Waals surface area contributed by atoms with Crippen LogP contribution in [0.15, 0.2) is 53.4 Å². The van der Waals surface area contributed by atoms with Gasteiger partial charge in [0.05, 0.1) is 11.0 Å². The SMILES string of the molecule is O=C(Nc1ccc(S(=O)(=O)NC[C@H]2CCCO2)cc1)c1ccc(F)cc1. The largest absolute Gasteiger partial charge is 0.377 e. The molecule has 1 aliphatic rings. The fraction of sp³-hybridized carbons (Fsp3) is 0.278. The highest BCUT2D eigenvalue weighted by Gasteiger charge is 2.20. The molecule has 1 atom stereocenters. The number of hydrogen-bond acceptors (Lipinski definition) is 4. The van der Waals surface area contributed by atoms with Crippen molar-refractivity contribution in [2.45, 2.75) is 23.8 Å². The molecule has 8 heteroatoms. The molecule has 0 radical (unpaired) electrons. The van der Waals surface area contributed by atoms with Gasteiger partial charge >= 0.3 is 0 Å². The summed E-state index contributed by atoms with van der Waals surface area (Å²) in [6.45, 7) is 0.903. The van der Waals surface area contributed by atoms with Gasteiger partial charge in [-0.3, -0.25) is 4.79 Å². The highest BCUT2D eigenvalue weighted by Crippen LogP contribution is 2.16. The Kier molecular flexibility index (Phi) is 5.65. The number of benzene rings is 2. The van der Waals surface area contributed by atoms with Gasteiger partial charge in [-0.1, -0.05) is 0 Å². The summed E-state index contributed by atoms with van der Waals surface area (Å²) < 4.78 is 45.4. The number of carbonyl (C=O) groups excluding carboxylic acids is 1. The van der Waals surface area contributed by atoms with Crippen LogP contribution in [0.5, 0.6) is 0 Å². The van der Waals surface area contributed by atoms with Gasteiger partial charge in [0.1, 0.15) is 5.82 Å². The van der Waals surface area contributed by atoms with Gasteiger partial charge < -0.3 is 10.1 Å². The summed E-state index contributed by atoms with van der Waals surface area (Å²) in [4.78, 5) is 12.2. The van der Waals surface area contributed by atoms with Crippen LogP contribution in [0.4, 0.5) is 10.1 Å². The van der Waals surface area contributed by atoms with E-state index in [1.165, 1.54) is 48.5 Å². The van der Waals surface area contributed by atoms with E-state index in [4.69, 9.17) is 4.74 Å². The maximum atomic E-state index is 12.9. The molecule has 0 aliphatic carbocycles.